The van der Waals surface area contributed by atoms with Gasteiger partial charge >= 0.3 is 0 Å². The zero-order chi connectivity index (χ0) is 16.8. The molecule has 2 fully saturated rings. The molecule has 0 aliphatic carbocycles. The highest BCUT2D eigenvalue weighted by Crippen LogP contribution is 2.21. The third kappa shape index (κ3) is 4.29. The Morgan fingerprint density at radius 3 is 2.50 bits per heavy atom. The predicted molar refractivity (Wildman–Crippen MR) is 97.7 cm³/mol. The minimum atomic E-state index is 0.122. The van der Waals surface area contributed by atoms with E-state index in [9.17, 15) is 4.79 Å². The maximum absolute atomic E-state index is 12.8. The Morgan fingerprint density at radius 2 is 1.88 bits per heavy atom. The van der Waals surface area contributed by atoms with E-state index in [2.05, 4.69) is 17.0 Å². The Labute approximate surface area is 145 Å². The monoisotopic (exact) mass is 330 g/mol. The summed E-state index contributed by atoms with van der Waals surface area (Å²) in [5.74, 6) is 0.122. The molecule has 0 spiro atoms. The highest BCUT2D eigenvalue weighted by atomic mass is 16.5. The average molecular weight is 330 g/mol. The molecule has 4 heteroatoms. The van der Waals surface area contributed by atoms with Gasteiger partial charge in [-0.3, -0.25) is 4.79 Å². The molecule has 0 N–H and O–H groups in total. The van der Waals surface area contributed by atoms with Crippen molar-refractivity contribution < 1.29 is 9.53 Å². The van der Waals surface area contributed by atoms with Crippen molar-refractivity contribution in [2.75, 3.05) is 37.7 Å². The first kappa shape index (κ1) is 17.3. The van der Waals surface area contributed by atoms with Crippen LogP contribution in [0.4, 0.5) is 5.69 Å². The van der Waals surface area contributed by atoms with Gasteiger partial charge in [-0.15, -0.1) is 0 Å². The summed E-state index contributed by atoms with van der Waals surface area (Å²) in [7, 11) is 0. The molecule has 1 atom stereocenters. The number of anilines is 1. The lowest BCUT2D eigenvalue weighted by Crippen LogP contribution is -2.39. The van der Waals surface area contributed by atoms with Gasteiger partial charge in [-0.1, -0.05) is 0 Å². The number of piperidine rings is 1. The second-order valence-electron chi connectivity index (χ2n) is 6.93. The summed E-state index contributed by atoms with van der Waals surface area (Å²) >= 11 is 0. The van der Waals surface area contributed by atoms with Crippen molar-refractivity contribution in [3.8, 4) is 0 Å². The Bertz CT molecular complexity index is 517. The van der Waals surface area contributed by atoms with Crippen LogP contribution in [-0.2, 0) is 4.74 Å². The lowest BCUT2D eigenvalue weighted by molar-refractivity contribution is -0.00311. The van der Waals surface area contributed by atoms with Gasteiger partial charge in [0.2, 0.25) is 0 Å². The first-order valence-corrected chi connectivity index (χ1v) is 9.54. The molecule has 2 saturated heterocycles. The van der Waals surface area contributed by atoms with Gasteiger partial charge in [-0.25, -0.2) is 0 Å². The van der Waals surface area contributed by atoms with Crippen LogP contribution < -0.4 is 4.90 Å². The number of carbonyl (C=O) groups excluding carboxylic acids is 1. The van der Waals surface area contributed by atoms with Gasteiger partial charge in [0.05, 0.1) is 6.10 Å². The highest BCUT2D eigenvalue weighted by molar-refractivity contribution is 5.94. The largest absolute Gasteiger partial charge is 0.376 e. The number of ether oxygens (including phenoxy) is 1. The van der Waals surface area contributed by atoms with Crippen LogP contribution in [0.5, 0.6) is 0 Å². The fourth-order valence-electron chi connectivity index (χ4n) is 3.70. The van der Waals surface area contributed by atoms with E-state index in [1.807, 2.05) is 24.0 Å². The molecule has 1 amide bonds. The van der Waals surface area contributed by atoms with E-state index in [0.717, 1.165) is 44.6 Å². The highest BCUT2D eigenvalue weighted by Gasteiger charge is 2.21. The van der Waals surface area contributed by atoms with E-state index in [-0.39, 0.29) is 12.0 Å². The second-order valence-corrected chi connectivity index (χ2v) is 6.93. The normalized spacial score (nSPS) is 21.5. The van der Waals surface area contributed by atoms with Gasteiger partial charge in [-0.05, 0) is 69.7 Å². The topological polar surface area (TPSA) is 32.8 Å². The van der Waals surface area contributed by atoms with Crippen molar-refractivity contribution in [3.05, 3.63) is 29.8 Å². The summed E-state index contributed by atoms with van der Waals surface area (Å²) in [5.41, 5.74) is 2.03. The molecule has 1 aromatic carbocycles. The fourth-order valence-corrected chi connectivity index (χ4v) is 3.70. The summed E-state index contributed by atoms with van der Waals surface area (Å²) in [6.45, 7) is 6.58. The van der Waals surface area contributed by atoms with Crippen LogP contribution in [0.3, 0.4) is 0 Å². The zero-order valence-corrected chi connectivity index (χ0v) is 14.9. The van der Waals surface area contributed by atoms with Crippen LogP contribution in [0, 0.1) is 0 Å². The van der Waals surface area contributed by atoms with Crippen LogP contribution in [0.2, 0.25) is 0 Å². The first-order valence-electron chi connectivity index (χ1n) is 9.54. The smallest absolute Gasteiger partial charge is 0.253 e. The molecule has 0 unspecified atom stereocenters. The number of amides is 1. The molecule has 2 heterocycles. The molecular weight excluding hydrogens is 300 g/mol. The minimum absolute atomic E-state index is 0.122. The number of rotatable bonds is 5. The van der Waals surface area contributed by atoms with Gasteiger partial charge in [0.25, 0.3) is 5.91 Å². The first-order chi connectivity index (χ1) is 11.8. The molecular formula is C20H30N2O2. The Morgan fingerprint density at radius 1 is 1.12 bits per heavy atom. The van der Waals surface area contributed by atoms with E-state index in [1.54, 1.807) is 0 Å². The Kier molecular flexibility index (Phi) is 6.13. The summed E-state index contributed by atoms with van der Waals surface area (Å²) in [6.07, 6.45) is 7.50. The molecule has 132 valence electrons. The van der Waals surface area contributed by atoms with Crippen LogP contribution in [0.15, 0.2) is 24.3 Å². The number of benzene rings is 1. The number of nitrogens with zero attached hydrogens (tertiary/aromatic N) is 2. The molecule has 0 bridgehead atoms. The van der Waals surface area contributed by atoms with Gasteiger partial charge < -0.3 is 14.5 Å². The summed E-state index contributed by atoms with van der Waals surface area (Å²) in [6, 6.07) is 8.17. The van der Waals surface area contributed by atoms with Crippen molar-refractivity contribution in [3.63, 3.8) is 0 Å². The molecule has 0 radical (unpaired) electrons. The third-order valence-corrected chi connectivity index (χ3v) is 5.20. The van der Waals surface area contributed by atoms with E-state index >= 15 is 0 Å². The average Bonchev–Trinajstić information content (AvgIpc) is 2.67. The van der Waals surface area contributed by atoms with Crippen molar-refractivity contribution in [2.24, 2.45) is 0 Å². The van der Waals surface area contributed by atoms with Gasteiger partial charge in [0, 0.05) is 44.0 Å². The molecule has 0 aromatic heterocycles. The van der Waals surface area contributed by atoms with E-state index in [1.165, 1.54) is 31.4 Å². The van der Waals surface area contributed by atoms with Crippen LogP contribution in [0.25, 0.3) is 0 Å². The second kappa shape index (κ2) is 8.52. The van der Waals surface area contributed by atoms with Crippen LogP contribution >= 0.6 is 0 Å². The predicted octanol–water partition coefficient (Wildman–Crippen LogP) is 3.71. The van der Waals surface area contributed by atoms with Gasteiger partial charge in [0.15, 0.2) is 0 Å². The summed E-state index contributed by atoms with van der Waals surface area (Å²) in [5, 5.41) is 0. The SMILES string of the molecule is CCN(C[C@H]1CCCCO1)C(=O)c1ccc(N2CCCCC2)cc1. The Balaban J connectivity index is 1.61. The van der Waals surface area contributed by atoms with E-state index in [4.69, 9.17) is 4.74 Å². The number of carbonyl (C=O) groups is 1. The Hall–Kier alpha value is -1.55. The van der Waals surface area contributed by atoms with Gasteiger partial charge in [-0.2, -0.15) is 0 Å². The van der Waals surface area contributed by atoms with E-state index in [0.29, 0.717) is 6.54 Å². The lowest BCUT2D eigenvalue weighted by atomic mass is 10.1. The summed E-state index contributed by atoms with van der Waals surface area (Å²) < 4.78 is 5.79. The standard InChI is InChI=1S/C20H30N2O2/c1-2-21(16-19-8-4-7-15-24-19)20(23)17-9-11-18(12-10-17)22-13-5-3-6-14-22/h9-12,19H,2-8,13-16H2,1H3/t19-/m1/s1. The van der Waals surface area contributed by atoms with Crippen molar-refractivity contribution in [2.45, 2.75) is 51.6 Å². The third-order valence-electron chi connectivity index (χ3n) is 5.20. The van der Waals surface area contributed by atoms with Gasteiger partial charge in [0.1, 0.15) is 0 Å². The number of hydrogen-bond acceptors (Lipinski definition) is 3. The molecule has 2 aliphatic rings. The van der Waals surface area contributed by atoms with Crippen molar-refractivity contribution in [1.82, 2.24) is 4.90 Å². The van der Waals surface area contributed by atoms with Crippen molar-refractivity contribution in [1.29, 1.82) is 0 Å². The molecule has 2 aliphatic heterocycles. The molecule has 1 aromatic rings. The fraction of sp³-hybridized carbons (Fsp3) is 0.650. The molecule has 4 nitrogen and oxygen atoms in total. The molecule has 0 saturated carbocycles. The molecule has 24 heavy (non-hydrogen) atoms. The summed E-state index contributed by atoms with van der Waals surface area (Å²) in [4.78, 5) is 17.1. The van der Waals surface area contributed by atoms with Crippen molar-refractivity contribution >= 4 is 11.6 Å². The maximum Gasteiger partial charge on any atom is 0.253 e. The maximum atomic E-state index is 12.8. The number of likely N-dealkylation sites (N-methyl/N-ethyl adjacent to an activating group) is 1. The number of hydrogen-bond donors (Lipinski definition) is 0. The van der Waals surface area contributed by atoms with Crippen LogP contribution in [0.1, 0.15) is 55.8 Å². The minimum Gasteiger partial charge on any atom is -0.376 e. The van der Waals surface area contributed by atoms with Crippen LogP contribution in [-0.4, -0.2) is 49.7 Å². The molecule has 3 rings (SSSR count). The zero-order valence-electron chi connectivity index (χ0n) is 14.9. The quantitative estimate of drug-likeness (QED) is 0.825. The lowest BCUT2D eigenvalue weighted by Gasteiger charge is -2.30. The van der Waals surface area contributed by atoms with E-state index < -0.39 is 0 Å².